The number of nitrogens with one attached hydrogen (secondary N) is 1. The number of amides is 2. The minimum Gasteiger partial charge on any atom is -0.496 e. The van der Waals surface area contributed by atoms with Crippen molar-refractivity contribution in [3.8, 4) is 11.5 Å². The van der Waals surface area contributed by atoms with Gasteiger partial charge in [0.05, 0.1) is 25.0 Å². The highest BCUT2D eigenvalue weighted by Gasteiger charge is 2.41. The van der Waals surface area contributed by atoms with Crippen LogP contribution in [0.15, 0.2) is 78.5 Å². The van der Waals surface area contributed by atoms with Gasteiger partial charge in [0.25, 0.3) is 11.8 Å². The number of carbonyl (C=O) groups is 2. The van der Waals surface area contributed by atoms with Crippen molar-refractivity contribution in [2.75, 3.05) is 42.9 Å². The summed E-state index contributed by atoms with van der Waals surface area (Å²) in [4.78, 5) is 30.6. The van der Waals surface area contributed by atoms with E-state index in [4.69, 9.17) is 9.47 Å². The summed E-state index contributed by atoms with van der Waals surface area (Å²) in [5.74, 6) is 0.307. The maximum Gasteiger partial charge on any atom is 0.282 e. The van der Waals surface area contributed by atoms with Crippen LogP contribution < -0.4 is 24.6 Å². The van der Waals surface area contributed by atoms with E-state index in [1.54, 1.807) is 24.3 Å². The molecule has 0 radical (unpaired) electrons. The Balaban J connectivity index is 1.83. The predicted molar refractivity (Wildman–Crippen MR) is 134 cm³/mol. The molecule has 0 saturated heterocycles. The minimum atomic E-state index is -0.441. The SMILES string of the molecule is CCOc1cccc(NC2=C(c3ccccc3OC)C(=O)N(c3cccc(N(C)C)c3)C2=O)c1. The number of para-hydroxylation sites is 1. The summed E-state index contributed by atoms with van der Waals surface area (Å²) in [6.45, 7) is 2.42. The number of benzene rings is 3. The van der Waals surface area contributed by atoms with E-state index in [0.717, 1.165) is 5.69 Å². The van der Waals surface area contributed by atoms with Crippen LogP contribution in [0.3, 0.4) is 0 Å². The lowest BCUT2D eigenvalue weighted by atomic mass is 10.0. The van der Waals surface area contributed by atoms with Gasteiger partial charge in [0.2, 0.25) is 0 Å². The van der Waals surface area contributed by atoms with Crippen molar-refractivity contribution in [2.45, 2.75) is 6.92 Å². The quantitative estimate of drug-likeness (QED) is 0.500. The number of rotatable bonds is 8. The van der Waals surface area contributed by atoms with Crippen LogP contribution in [0.5, 0.6) is 11.5 Å². The predicted octanol–water partition coefficient (Wildman–Crippen LogP) is 4.56. The van der Waals surface area contributed by atoms with Crippen LogP contribution in [0.1, 0.15) is 12.5 Å². The average Bonchev–Trinajstić information content (AvgIpc) is 3.08. The first-order valence-corrected chi connectivity index (χ1v) is 11.0. The number of anilines is 3. The molecule has 0 atom stereocenters. The fourth-order valence-electron chi connectivity index (χ4n) is 3.87. The summed E-state index contributed by atoms with van der Waals surface area (Å²) >= 11 is 0. The zero-order chi connectivity index (χ0) is 24.2. The Labute approximate surface area is 199 Å². The molecule has 0 bridgehead atoms. The molecule has 7 heteroatoms. The molecule has 1 aliphatic heterocycles. The van der Waals surface area contributed by atoms with E-state index in [2.05, 4.69) is 5.32 Å². The lowest BCUT2D eigenvalue weighted by Gasteiger charge is -2.19. The highest BCUT2D eigenvalue weighted by molar-refractivity contribution is 6.46. The van der Waals surface area contributed by atoms with Crippen LogP contribution in [-0.2, 0) is 9.59 Å². The highest BCUT2D eigenvalue weighted by Crippen LogP contribution is 2.38. The first-order valence-electron chi connectivity index (χ1n) is 11.0. The van der Waals surface area contributed by atoms with Gasteiger partial charge >= 0.3 is 0 Å². The van der Waals surface area contributed by atoms with Gasteiger partial charge in [-0.2, -0.15) is 0 Å². The van der Waals surface area contributed by atoms with Gasteiger partial charge < -0.3 is 19.7 Å². The second kappa shape index (κ2) is 9.70. The van der Waals surface area contributed by atoms with E-state index in [-0.39, 0.29) is 11.3 Å². The Bertz CT molecular complexity index is 1270. The van der Waals surface area contributed by atoms with Crippen LogP contribution in [0.4, 0.5) is 17.1 Å². The highest BCUT2D eigenvalue weighted by atomic mass is 16.5. The number of ether oxygens (including phenoxy) is 2. The molecule has 0 spiro atoms. The van der Waals surface area contributed by atoms with E-state index in [1.807, 2.05) is 74.4 Å². The van der Waals surface area contributed by atoms with Gasteiger partial charge in [-0.25, -0.2) is 4.90 Å². The molecule has 1 N–H and O–H groups in total. The summed E-state index contributed by atoms with van der Waals surface area (Å²) in [6.07, 6.45) is 0. The summed E-state index contributed by atoms with van der Waals surface area (Å²) in [7, 11) is 5.35. The monoisotopic (exact) mass is 457 g/mol. The van der Waals surface area contributed by atoms with Gasteiger partial charge in [-0.15, -0.1) is 0 Å². The number of methoxy groups -OCH3 is 1. The third kappa shape index (κ3) is 4.32. The van der Waals surface area contributed by atoms with Gasteiger partial charge in [0, 0.05) is 37.1 Å². The Morgan fingerprint density at radius 1 is 0.912 bits per heavy atom. The molecule has 1 aliphatic rings. The molecule has 4 rings (SSSR count). The average molecular weight is 458 g/mol. The molecule has 1 heterocycles. The second-order valence-corrected chi connectivity index (χ2v) is 7.90. The first kappa shape index (κ1) is 22.9. The number of nitrogens with zero attached hydrogens (tertiary/aromatic N) is 2. The second-order valence-electron chi connectivity index (χ2n) is 7.90. The van der Waals surface area contributed by atoms with Crippen LogP contribution in [0.2, 0.25) is 0 Å². The van der Waals surface area contributed by atoms with Gasteiger partial charge in [-0.1, -0.05) is 30.3 Å². The van der Waals surface area contributed by atoms with Crippen LogP contribution >= 0.6 is 0 Å². The molecule has 0 aliphatic carbocycles. The van der Waals surface area contributed by atoms with E-state index >= 15 is 0 Å². The molecule has 0 aromatic heterocycles. The Morgan fingerprint density at radius 2 is 1.68 bits per heavy atom. The summed E-state index contributed by atoms with van der Waals surface area (Å²) in [5.41, 5.74) is 2.98. The van der Waals surface area contributed by atoms with Gasteiger partial charge in [-0.05, 0) is 43.3 Å². The van der Waals surface area contributed by atoms with Crippen LogP contribution in [0, 0.1) is 0 Å². The van der Waals surface area contributed by atoms with Crippen molar-refractivity contribution in [3.63, 3.8) is 0 Å². The lowest BCUT2D eigenvalue weighted by Crippen LogP contribution is -2.32. The molecule has 3 aromatic carbocycles. The molecule has 2 amide bonds. The first-order chi connectivity index (χ1) is 16.4. The molecule has 3 aromatic rings. The Hall–Kier alpha value is -4.26. The molecule has 0 unspecified atom stereocenters. The van der Waals surface area contributed by atoms with Crippen molar-refractivity contribution < 1.29 is 19.1 Å². The molecule has 34 heavy (non-hydrogen) atoms. The molecule has 174 valence electrons. The van der Waals surface area contributed by atoms with Crippen molar-refractivity contribution in [2.24, 2.45) is 0 Å². The number of hydrogen-bond acceptors (Lipinski definition) is 6. The van der Waals surface area contributed by atoms with Crippen molar-refractivity contribution in [1.29, 1.82) is 0 Å². The van der Waals surface area contributed by atoms with Crippen molar-refractivity contribution in [1.82, 2.24) is 0 Å². The van der Waals surface area contributed by atoms with E-state index in [1.165, 1.54) is 12.0 Å². The third-order valence-corrected chi connectivity index (χ3v) is 5.48. The zero-order valence-electron chi connectivity index (χ0n) is 19.7. The molecular weight excluding hydrogens is 430 g/mol. The third-order valence-electron chi connectivity index (χ3n) is 5.48. The van der Waals surface area contributed by atoms with Gasteiger partial charge in [-0.3, -0.25) is 9.59 Å². The molecule has 0 saturated carbocycles. The smallest absolute Gasteiger partial charge is 0.282 e. The topological polar surface area (TPSA) is 71.1 Å². The zero-order valence-corrected chi connectivity index (χ0v) is 19.7. The van der Waals surface area contributed by atoms with Gasteiger partial charge in [0.1, 0.15) is 17.2 Å². The molecule has 7 nitrogen and oxygen atoms in total. The van der Waals surface area contributed by atoms with Crippen molar-refractivity contribution in [3.05, 3.63) is 84.1 Å². The summed E-state index contributed by atoms with van der Waals surface area (Å²) < 4.78 is 11.1. The molecule has 0 fully saturated rings. The number of imide groups is 1. The lowest BCUT2D eigenvalue weighted by molar-refractivity contribution is -0.120. The standard InChI is InChI=1S/C27H27N3O4/c1-5-34-21-13-8-10-18(16-21)28-25-24(22-14-6-7-15-23(22)33-4)26(31)30(27(25)32)20-12-9-11-19(17-20)29(2)3/h6-17,28H,5H2,1-4H3. The fraction of sp³-hybridized carbons (Fsp3) is 0.185. The van der Waals surface area contributed by atoms with E-state index in [9.17, 15) is 9.59 Å². The summed E-state index contributed by atoms with van der Waals surface area (Å²) in [6, 6.07) is 21.8. The van der Waals surface area contributed by atoms with Crippen LogP contribution in [0.25, 0.3) is 5.57 Å². The number of carbonyl (C=O) groups excluding carboxylic acids is 2. The molecular formula is C27H27N3O4. The number of hydrogen-bond donors (Lipinski definition) is 1. The normalized spacial score (nSPS) is 13.4. The van der Waals surface area contributed by atoms with Crippen LogP contribution in [-0.4, -0.2) is 39.6 Å². The Morgan fingerprint density at radius 3 is 2.41 bits per heavy atom. The maximum absolute atomic E-state index is 13.7. The van der Waals surface area contributed by atoms with E-state index < -0.39 is 11.8 Å². The van der Waals surface area contributed by atoms with Gasteiger partial charge in [0.15, 0.2) is 0 Å². The van der Waals surface area contributed by atoms with E-state index in [0.29, 0.717) is 35.0 Å². The minimum absolute atomic E-state index is 0.179. The largest absolute Gasteiger partial charge is 0.496 e. The maximum atomic E-state index is 13.7. The fourth-order valence-corrected chi connectivity index (χ4v) is 3.87. The van der Waals surface area contributed by atoms with Crippen molar-refractivity contribution >= 4 is 34.4 Å². The Kier molecular flexibility index (Phi) is 6.54. The summed E-state index contributed by atoms with van der Waals surface area (Å²) in [5, 5.41) is 3.18.